The Kier molecular flexibility index (Phi) is 8.29. The van der Waals surface area contributed by atoms with Gasteiger partial charge in [-0.15, -0.1) is 0 Å². The molecule has 2 aliphatic rings. The highest BCUT2D eigenvalue weighted by Crippen LogP contribution is 2.39. The summed E-state index contributed by atoms with van der Waals surface area (Å²) in [5, 5.41) is 0. The first-order valence-corrected chi connectivity index (χ1v) is 13.1. The third kappa shape index (κ3) is 6.37. The number of halogens is 3. The Bertz CT molecular complexity index is 1250. The van der Waals surface area contributed by atoms with Crippen molar-refractivity contribution in [3.63, 3.8) is 0 Å². The van der Waals surface area contributed by atoms with Gasteiger partial charge in [0.2, 0.25) is 5.91 Å². The van der Waals surface area contributed by atoms with E-state index in [0.717, 1.165) is 56.7 Å². The molecule has 0 saturated carbocycles. The van der Waals surface area contributed by atoms with Crippen molar-refractivity contribution in [3.8, 4) is 5.75 Å². The van der Waals surface area contributed by atoms with Crippen LogP contribution in [0.5, 0.6) is 5.75 Å². The van der Waals surface area contributed by atoms with E-state index in [0.29, 0.717) is 24.6 Å². The highest BCUT2D eigenvalue weighted by atomic mass is 19.1. The molecule has 0 bridgehead atoms. The first-order valence-electron chi connectivity index (χ1n) is 13.1. The molecule has 1 saturated heterocycles. The molecule has 3 aromatic rings. The second-order valence-electron chi connectivity index (χ2n) is 9.92. The molecule has 0 aromatic heterocycles. The highest BCUT2D eigenvalue weighted by Gasteiger charge is 2.29. The minimum atomic E-state index is -0.379. The number of ether oxygens (including phenoxy) is 1. The van der Waals surface area contributed by atoms with Gasteiger partial charge in [0.1, 0.15) is 29.8 Å². The van der Waals surface area contributed by atoms with E-state index in [1.165, 1.54) is 36.4 Å². The first kappa shape index (κ1) is 26.3. The summed E-state index contributed by atoms with van der Waals surface area (Å²) in [4.78, 5) is 19.6. The number of hydrogen-bond acceptors (Lipinski definition) is 4. The van der Waals surface area contributed by atoms with Crippen LogP contribution >= 0.6 is 0 Å². The van der Waals surface area contributed by atoms with Crippen LogP contribution in [0.15, 0.2) is 66.7 Å². The predicted octanol–water partition coefficient (Wildman–Crippen LogP) is 5.06. The van der Waals surface area contributed by atoms with Crippen LogP contribution in [0.25, 0.3) is 0 Å². The van der Waals surface area contributed by atoms with E-state index in [1.54, 1.807) is 35.2 Å². The molecule has 38 heavy (non-hydrogen) atoms. The maximum atomic E-state index is 14.3. The van der Waals surface area contributed by atoms with E-state index >= 15 is 0 Å². The normalized spacial score (nSPS) is 18.6. The summed E-state index contributed by atoms with van der Waals surface area (Å²) in [6.07, 6.45) is 1.56. The fourth-order valence-corrected chi connectivity index (χ4v) is 5.37. The van der Waals surface area contributed by atoms with Gasteiger partial charge in [-0.3, -0.25) is 14.6 Å². The molecule has 0 aliphatic carbocycles. The lowest BCUT2D eigenvalue weighted by molar-refractivity contribution is -0.120. The van der Waals surface area contributed by atoms with Crippen LogP contribution in [0.3, 0.4) is 0 Å². The monoisotopic (exact) mass is 523 g/mol. The molecule has 0 spiro atoms. The van der Waals surface area contributed by atoms with Gasteiger partial charge in [-0.05, 0) is 60.4 Å². The average molecular weight is 524 g/mol. The van der Waals surface area contributed by atoms with Crippen molar-refractivity contribution in [2.75, 3.05) is 57.3 Å². The number of rotatable bonds is 7. The number of piperazine rings is 1. The summed E-state index contributed by atoms with van der Waals surface area (Å²) in [5.74, 6) is -0.540. The van der Waals surface area contributed by atoms with Gasteiger partial charge >= 0.3 is 0 Å². The third-order valence-electron chi connectivity index (χ3n) is 7.40. The minimum Gasteiger partial charge on any atom is -0.492 e. The zero-order valence-corrected chi connectivity index (χ0v) is 21.3. The summed E-state index contributed by atoms with van der Waals surface area (Å²) in [7, 11) is 0. The number of benzene rings is 3. The molecule has 0 radical (unpaired) electrons. The molecule has 0 N–H and O–H groups in total. The number of carbonyl (C=O) groups excluding carboxylic acids is 1. The Morgan fingerprint density at radius 3 is 2.29 bits per heavy atom. The second kappa shape index (κ2) is 12.0. The van der Waals surface area contributed by atoms with Crippen LogP contribution in [0.2, 0.25) is 0 Å². The highest BCUT2D eigenvalue weighted by molar-refractivity contribution is 5.96. The van der Waals surface area contributed by atoms with Gasteiger partial charge in [-0.2, -0.15) is 0 Å². The van der Waals surface area contributed by atoms with E-state index in [1.807, 2.05) is 0 Å². The van der Waals surface area contributed by atoms with Crippen LogP contribution in [-0.4, -0.2) is 68.1 Å². The Labute approximate surface area is 221 Å². The summed E-state index contributed by atoms with van der Waals surface area (Å²) < 4.78 is 46.8. The Morgan fingerprint density at radius 2 is 1.53 bits per heavy atom. The van der Waals surface area contributed by atoms with Crippen molar-refractivity contribution < 1.29 is 22.7 Å². The Morgan fingerprint density at radius 1 is 0.816 bits per heavy atom. The van der Waals surface area contributed by atoms with E-state index in [4.69, 9.17) is 4.74 Å². The molecular formula is C30H32F3N3O2. The zero-order valence-electron chi connectivity index (χ0n) is 21.3. The number of fused-ring (bicyclic) bond motifs is 1. The predicted molar refractivity (Wildman–Crippen MR) is 141 cm³/mol. The van der Waals surface area contributed by atoms with Crippen LogP contribution < -0.4 is 9.64 Å². The fourth-order valence-electron chi connectivity index (χ4n) is 5.37. The van der Waals surface area contributed by atoms with Crippen LogP contribution in [0, 0.1) is 17.5 Å². The van der Waals surface area contributed by atoms with Crippen molar-refractivity contribution in [1.82, 2.24) is 9.80 Å². The lowest BCUT2D eigenvalue weighted by atomic mass is 9.87. The summed E-state index contributed by atoms with van der Waals surface area (Å²) >= 11 is 0. The van der Waals surface area contributed by atoms with Gasteiger partial charge in [0.15, 0.2) is 0 Å². The average Bonchev–Trinajstić information content (AvgIpc) is 3.10. The van der Waals surface area contributed by atoms with E-state index in [-0.39, 0.29) is 35.8 Å². The lowest BCUT2D eigenvalue weighted by Gasteiger charge is -2.35. The molecule has 1 unspecified atom stereocenters. The molecule has 8 heteroatoms. The number of nitrogens with zero attached hydrogens (tertiary/aromatic N) is 3. The quantitative estimate of drug-likeness (QED) is 0.434. The minimum absolute atomic E-state index is 0.0258. The number of hydrogen-bond donors (Lipinski definition) is 0. The van der Waals surface area contributed by atoms with Gasteiger partial charge in [0.05, 0.1) is 12.2 Å². The van der Waals surface area contributed by atoms with E-state index in [2.05, 4.69) is 9.80 Å². The largest absolute Gasteiger partial charge is 0.492 e. The first-order chi connectivity index (χ1) is 18.5. The number of amides is 1. The van der Waals surface area contributed by atoms with E-state index in [9.17, 15) is 18.0 Å². The second-order valence-corrected chi connectivity index (χ2v) is 9.92. The molecule has 200 valence electrons. The summed E-state index contributed by atoms with van der Waals surface area (Å²) in [5.41, 5.74) is 2.47. The summed E-state index contributed by atoms with van der Waals surface area (Å²) in [6.45, 7) is 5.07. The smallest absolute Gasteiger partial charge is 0.241 e. The molecule has 1 amide bonds. The SMILES string of the molecule is O=C(CN1CCN(CCOc2cccc(F)c2)CC1)N1CCCC(c2ccc(F)cc2)c2ccc(F)cc21. The molecule has 2 aliphatic heterocycles. The molecule has 3 aromatic carbocycles. The topological polar surface area (TPSA) is 36.0 Å². The standard InChI is InChI=1S/C30H32F3N3O2/c31-23-8-6-22(7-9-23)27-5-2-12-36(29-20-25(33)10-11-28(27)29)30(37)21-35-15-13-34(14-16-35)17-18-38-26-4-1-3-24(32)19-26/h1,3-4,6-11,19-20,27H,2,5,12-18,21H2. The van der Waals surface area contributed by atoms with Gasteiger partial charge < -0.3 is 9.64 Å². The van der Waals surface area contributed by atoms with E-state index < -0.39 is 0 Å². The Hall–Kier alpha value is -3.36. The van der Waals surface area contributed by atoms with Crippen molar-refractivity contribution in [1.29, 1.82) is 0 Å². The zero-order chi connectivity index (χ0) is 26.5. The van der Waals surface area contributed by atoms with Gasteiger partial charge in [0.25, 0.3) is 0 Å². The third-order valence-corrected chi connectivity index (χ3v) is 7.40. The summed E-state index contributed by atoms with van der Waals surface area (Å²) in [6, 6.07) is 17.2. The number of anilines is 1. The van der Waals surface area contributed by atoms with Crippen molar-refractivity contribution in [3.05, 3.63) is 95.3 Å². The molecule has 2 heterocycles. The van der Waals surface area contributed by atoms with Crippen LogP contribution in [-0.2, 0) is 4.79 Å². The van der Waals surface area contributed by atoms with Gasteiger partial charge in [-0.1, -0.05) is 24.3 Å². The molecule has 1 atom stereocenters. The van der Waals surface area contributed by atoms with Crippen molar-refractivity contribution in [2.24, 2.45) is 0 Å². The lowest BCUT2D eigenvalue weighted by Crippen LogP contribution is -2.51. The van der Waals surface area contributed by atoms with Crippen molar-refractivity contribution in [2.45, 2.75) is 18.8 Å². The fraction of sp³-hybridized carbons (Fsp3) is 0.367. The van der Waals surface area contributed by atoms with Crippen LogP contribution in [0.4, 0.5) is 18.9 Å². The van der Waals surface area contributed by atoms with Crippen LogP contribution in [0.1, 0.15) is 29.9 Å². The number of carbonyl (C=O) groups is 1. The molecular weight excluding hydrogens is 491 g/mol. The van der Waals surface area contributed by atoms with Gasteiger partial charge in [-0.25, -0.2) is 13.2 Å². The van der Waals surface area contributed by atoms with Gasteiger partial charge in [0, 0.05) is 51.3 Å². The molecule has 5 nitrogen and oxygen atoms in total. The van der Waals surface area contributed by atoms with Crippen molar-refractivity contribution >= 4 is 11.6 Å². The Balaban J connectivity index is 1.18. The molecule has 1 fully saturated rings. The molecule has 5 rings (SSSR count). The maximum Gasteiger partial charge on any atom is 0.241 e. The maximum absolute atomic E-state index is 14.3.